The number of aromatic nitrogens is 3. The molecule has 6 heteroatoms. The smallest absolute Gasteiger partial charge is 0.359 e. The molecule has 0 spiro atoms. The number of hydrogen-bond donors (Lipinski definition) is 1. The van der Waals surface area contributed by atoms with Crippen molar-refractivity contribution in [3.05, 3.63) is 78.0 Å². The summed E-state index contributed by atoms with van der Waals surface area (Å²) in [5.41, 5.74) is 2.12. The van der Waals surface area contributed by atoms with Crippen LogP contribution >= 0.6 is 0 Å². The van der Waals surface area contributed by atoms with Gasteiger partial charge in [0.05, 0.1) is 22.3 Å². The number of hydrogen-bond acceptors (Lipinski definition) is 1. The Labute approximate surface area is 141 Å². The fourth-order valence-corrected chi connectivity index (χ4v) is 2.91. The van der Waals surface area contributed by atoms with Gasteiger partial charge < -0.3 is 9.55 Å². The largest absolute Gasteiger partial charge is 0.416 e. The molecule has 1 N–H and O–H groups in total. The standard InChI is InChI=1S/C19H14F3N3/c20-19(21,22)14-8-9-17-16(11-14)24-18(15-7-4-10-23-15)25(17)12-13-5-2-1-3-6-13/h1-11,23H,12H2. The fourth-order valence-electron chi connectivity index (χ4n) is 2.91. The highest BCUT2D eigenvalue weighted by atomic mass is 19.4. The first-order chi connectivity index (χ1) is 12.0. The van der Waals surface area contributed by atoms with Crippen LogP contribution in [-0.2, 0) is 12.7 Å². The zero-order valence-electron chi connectivity index (χ0n) is 13.1. The van der Waals surface area contributed by atoms with Gasteiger partial charge in [0.2, 0.25) is 0 Å². The van der Waals surface area contributed by atoms with E-state index in [1.165, 1.54) is 6.07 Å². The van der Waals surface area contributed by atoms with E-state index in [4.69, 9.17) is 0 Å². The Morgan fingerprint density at radius 1 is 0.960 bits per heavy atom. The average molecular weight is 341 g/mol. The molecule has 2 aromatic carbocycles. The number of H-pyrrole nitrogens is 1. The van der Waals surface area contributed by atoms with E-state index < -0.39 is 11.7 Å². The van der Waals surface area contributed by atoms with Crippen LogP contribution < -0.4 is 0 Å². The van der Waals surface area contributed by atoms with Crippen LogP contribution in [0, 0.1) is 0 Å². The van der Waals surface area contributed by atoms with Gasteiger partial charge in [-0.05, 0) is 35.9 Å². The predicted molar refractivity (Wildman–Crippen MR) is 90.1 cm³/mol. The highest BCUT2D eigenvalue weighted by Gasteiger charge is 2.31. The summed E-state index contributed by atoms with van der Waals surface area (Å²) >= 11 is 0. The molecule has 0 unspecified atom stereocenters. The van der Waals surface area contributed by atoms with Crippen molar-refractivity contribution in [1.29, 1.82) is 0 Å². The van der Waals surface area contributed by atoms with Crippen molar-refractivity contribution in [1.82, 2.24) is 14.5 Å². The summed E-state index contributed by atoms with van der Waals surface area (Å²) in [7, 11) is 0. The van der Waals surface area contributed by atoms with Gasteiger partial charge in [0.15, 0.2) is 5.82 Å². The van der Waals surface area contributed by atoms with Crippen molar-refractivity contribution in [2.45, 2.75) is 12.7 Å². The van der Waals surface area contributed by atoms with E-state index in [0.29, 0.717) is 23.4 Å². The van der Waals surface area contributed by atoms with Crippen LogP contribution in [0.15, 0.2) is 66.9 Å². The molecule has 4 aromatic rings. The molecule has 0 radical (unpaired) electrons. The number of nitrogens with one attached hydrogen (secondary N) is 1. The maximum atomic E-state index is 13.0. The molecule has 2 heterocycles. The Balaban J connectivity index is 1.90. The van der Waals surface area contributed by atoms with Gasteiger partial charge in [-0.15, -0.1) is 0 Å². The molecule has 0 aliphatic rings. The van der Waals surface area contributed by atoms with Gasteiger partial charge in [-0.2, -0.15) is 13.2 Å². The lowest BCUT2D eigenvalue weighted by molar-refractivity contribution is -0.137. The van der Waals surface area contributed by atoms with Gasteiger partial charge in [0.25, 0.3) is 0 Å². The third-order valence-electron chi connectivity index (χ3n) is 4.10. The van der Waals surface area contributed by atoms with E-state index in [2.05, 4.69) is 9.97 Å². The molecule has 0 bridgehead atoms. The molecular formula is C19H14F3N3. The van der Waals surface area contributed by atoms with Crippen LogP contribution in [0.2, 0.25) is 0 Å². The summed E-state index contributed by atoms with van der Waals surface area (Å²) < 4.78 is 40.9. The monoisotopic (exact) mass is 341 g/mol. The van der Waals surface area contributed by atoms with Crippen LogP contribution in [-0.4, -0.2) is 14.5 Å². The summed E-state index contributed by atoms with van der Waals surface area (Å²) in [5, 5.41) is 0. The second kappa shape index (κ2) is 5.81. The summed E-state index contributed by atoms with van der Waals surface area (Å²) in [6, 6.07) is 17.1. The van der Waals surface area contributed by atoms with Crippen molar-refractivity contribution in [3.63, 3.8) is 0 Å². The first-order valence-corrected chi connectivity index (χ1v) is 7.77. The minimum atomic E-state index is -4.38. The number of fused-ring (bicyclic) bond motifs is 1. The van der Waals surface area contributed by atoms with Gasteiger partial charge in [-0.1, -0.05) is 30.3 Å². The van der Waals surface area contributed by atoms with Gasteiger partial charge in [0.1, 0.15) is 0 Å². The zero-order valence-corrected chi connectivity index (χ0v) is 13.1. The Hall–Kier alpha value is -3.02. The minimum Gasteiger partial charge on any atom is -0.359 e. The number of imidazole rings is 1. The summed E-state index contributed by atoms with van der Waals surface area (Å²) in [5.74, 6) is 0.614. The molecule has 126 valence electrons. The van der Waals surface area contributed by atoms with Crippen LogP contribution in [0.25, 0.3) is 22.6 Å². The zero-order chi connectivity index (χ0) is 17.4. The number of halogens is 3. The molecule has 25 heavy (non-hydrogen) atoms. The average Bonchev–Trinajstić information content (AvgIpc) is 3.23. The topological polar surface area (TPSA) is 33.6 Å². The molecule has 0 amide bonds. The summed E-state index contributed by atoms with van der Waals surface area (Å²) in [6.45, 7) is 0.525. The maximum absolute atomic E-state index is 13.0. The highest BCUT2D eigenvalue weighted by Crippen LogP contribution is 2.33. The summed E-state index contributed by atoms with van der Waals surface area (Å²) in [6.07, 6.45) is -2.62. The van der Waals surface area contributed by atoms with E-state index >= 15 is 0 Å². The molecule has 0 fully saturated rings. The van der Waals surface area contributed by atoms with E-state index in [-0.39, 0.29) is 0 Å². The van der Waals surface area contributed by atoms with E-state index in [9.17, 15) is 13.2 Å². The third kappa shape index (κ3) is 2.91. The SMILES string of the molecule is FC(F)(F)c1ccc2c(c1)nc(-c1ccc[nH]1)n2Cc1ccccc1. The van der Waals surface area contributed by atoms with Crippen molar-refractivity contribution in [2.75, 3.05) is 0 Å². The molecule has 2 aromatic heterocycles. The lowest BCUT2D eigenvalue weighted by Gasteiger charge is -2.09. The number of rotatable bonds is 3. The molecule has 0 saturated heterocycles. The quantitative estimate of drug-likeness (QED) is 0.553. The van der Waals surface area contributed by atoms with Gasteiger partial charge in [0, 0.05) is 12.7 Å². The van der Waals surface area contributed by atoms with E-state index in [1.54, 1.807) is 6.20 Å². The van der Waals surface area contributed by atoms with Crippen LogP contribution in [0.4, 0.5) is 13.2 Å². The van der Waals surface area contributed by atoms with Gasteiger partial charge in [-0.3, -0.25) is 0 Å². The molecule has 0 atom stereocenters. The Bertz CT molecular complexity index is 1000. The Kier molecular flexibility index (Phi) is 3.60. The van der Waals surface area contributed by atoms with Gasteiger partial charge in [-0.25, -0.2) is 4.98 Å². The second-order valence-corrected chi connectivity index (χ2v) is 5.79. The number of alkyl halides is 3. The molecule has 4 rings (SSSR count). The van der Waals surface area contributed by atoms with Crippen LogP contribution in [0.3, 0.4) is 0 Å². The molecule has 3 nitrogen and oxygen atoms in total. The summed E-state index contributed by atoms with van der Waals surface area (Å²) in [4.78, 5) is 7.54. The Morgan fingerprint density at radius 3 is 2.44 bits per heavy atom. The van der Waals surface area contributed by atoms with Crippen molar-refractivity contribution in [3.8, 4) is 11.5 Å². The van der Waals surface area contributed by atoms with Crippen molar-refractivity contribution < 1.29 is 13.2 Å². The predicted octanol–water partition coefficient (Wildman–Crippen LogP) is 5.10. The van der Waals surface area contributed by atoms with E-state index in [0.717, 1.165) is 23.4 Å². The molecule has 0 aliphatic carbocycles. The highest BCUT2D eigenvalue weighted by molar-refractivity contribution is 5.81. The lowest BCUT2D eigenvalue weighted by atomic mass is 10.2. The fraction of sp³-hybridized carbons (Fsp3) is 0.105. The van der Waals surface area contributed by atoms with Gasteiger partial charge >= 0.3 is 6.18 Å². The van der Waals surface area contributed by atoms with Crippen LogP contribution in [0.5, 0.6) is 0 Å². The number of benzene rings is 2. The first kappa shape index (κ1) is 15.5. The normalized spacial score (nSPS) is 12.0. The first-order valence-electron chi connectivity index (χ1n) is 7.77. The second-order valence-electron chi connectivity index (χ2n) is 5.79. The van der Waals surface area contributed by atoms with E-state index in [1.807, 2.05) is 47.0 Å². The third-order valence-corrected chi connectivity index (χ3v) is 4.10. The number of nitrogens with zero attached hydrogens (tertiary/aromatic N) is 2. The minimum absolute atomic E-state index is 0.329. The Morgan fingerprint density at radius 2 is 1.76 bits per heavy atom. The molecular weight excluding hydrogens is 327 g/mol. The number of aromatic amines is 1. The maximum Gasteiger partial charge on any atom is 0.416 e. The lowest BCUT2D eigenvalue weighted by Crippen LogP contribution is -2.05. The molecule has 0 saturated carbocycles. The van der Waals surface area contributed by atoms with Crippen LogP contribution in [0.1, 0.15) is 11.1 Å². The molecule has 0 aliphatic heterocycles. The van der Waals surface area contributed by atoms with Crippen molar-refractivity contribution >= 4 is 11.0 Å². The van der Waals surface area contributed by atoms with Crippen molar-refractivity contribution in [2.24, 2.45) is 0 Å².